The topological polar surface area (TPSA) is 87.6 Å². The van der Waals surface area contributed by atoms with Crippen LogP contribution in [0.25, 0.3) is 11.3 Å². The standard InChI is InChI=1S/C12H12N2O5/c1-7-12(14(15)16)11(13-19-7)8-4-5-9(17-2)10(6-8)18-3/h4-6H,1-3H3. The average molecular weight is 264 g/mol. The monoisotopic (exact) mass is 264 g/mol. The summed E-state index contributed by atoms with van der Waals surface area (Å²) >= 11 is 0. The smallest absolute Gasteiger partial charge is 0.339 e. The molecule has 0 saturated heterocycles. The maximum atomic E-state index is 11.0. The van der Waals surface area contributed by atoms with Gasteiger partial charge in [0, 0.05) is 12.5 Å². The maximum absolute atomic E-state index is 11.0. The molecule has 0 atom stereocenters. The number of methoxy groups -OCH3 is 2. The quantitative estimate of drug-likeness (QED) is 0.623. The molecule has 0 aliphatic heterocycles. The van der Waals surface area contributed by atoms with E-state index in [4.69, 9.17) is 14.0 Å². The van der Waals surface area contributed by atoms with Crippen molar-refractivity contribution in [2.24, 2.45) is 0 Å². The minimum Gasteiger partial charge on any atom is -0.493 e. The fourth-order valence-electron chi connectivity index (χ4n) is 1.76. The van der Waals surface area contributed by atoms with Crippen molar-refractivity contribution >= 4 is 5.69 Å². The van der Waals surface area contributed by atoms with E-state index in [1.807, 2.05) is 0 Å². The lowest BCUT2D eigenvalue weighted by molar-refractivity contribution is -0.385. The predicted octanol–water partition coefficient (Wildman–Crippen LogP) is 2.58. The molecular formula is C12H12N2O5. The van der Waals surface area contributed by atoms with Gasteiger partial charge in [0.05, 0.1) is 19.1 Å². The zero-order valence-electron chi connectivity index (χ0n) is 10.7. The highest BCUT2D eigenvalue weighted by Gasteiger charge is 2.25. The van der Waals surface area contributed by atoms with E-state index in [1.165, 1.54) is 21.1 Å². The zero-order valence-corrected chi connectivity index (χ0v) is 10.7. The average Bonchev–Trinajstić information content (AvgIpc) is 2.79. The Labute approximate surface area is 108 Å². The molecule has 0 fully saturated rings. The van der Waals surface area contributed by atoms with Gasteiger partial charge in [-0.1, -0.05) is 5.16 Å². The molecule has 0 radical (unpaired) electrons. The first-order valence-corrected chi connectivity index (χ1v) is 5.41. The molecular weight excluding hydrogens is 252 g/mol. The second kappa shape index (κ2) is 4.97. The second-order valence-electron chi connectivity index (χ2n) is 3.76. The number of hydrogen-bond acceptors (Lipinski definition) is 6. The molecule has 1 heterocycles. The lowest BCUT2D eigenvalue weighted by atomic mass is 10.1. The van der Waals surface area contributed by atoms with Crippen LogP contribution in [0, 0.1) is 17.0 Å². The third-order valence-electron chi connectivity index (χ3n) is 2.67. The van der Waals surface area contributed by atoms with Crippen LogP contribution in [0.4, 0.5) is 5.69 Å². The summed E-state index contributed by atoms with van der Waals surface area (Å²) in [5.74, 6) is 1.17. The number of nitro groups is 1. The van der Waals surface area contributed by atoms with Gasteiger partial charge in [-0.25, -0.2) is 0 Å². The number of ether oxygens (including phenoxy) is 2. The molecule has 100 valence electrons. The van der Waals surface area contributed by atoms with Crippen LogP contribution in [0.3, 0.4) is 0 Å². The first kappa shape index (κ1) is 12.9. The molecule has 0 N–H and O–H groups in total. The van der Waals surface area contributed by atoms with Crippen LogP contribution in [-0.4, -0.2) is 24.3 Å². The van der Waals surface area contributed by atoms with Gasteiger partial charge in [-0.05, 0) is 18.2 Å². The first-order valence-electron chi connectivity index (χ1n) is 5.41. The summed E-state index contributed by atoms with van der Waals surface area (Å²) in [4.78, 5) is 10.5. The van der Waals surface area contributed by atoms with Crippen LogP contribution >= 0.6 is 0 Å². The second-order valence-corrected chi connectivity index (χ2v) is 3.76. The molecule has 19 heavy (non-hydrogen) atoms. The van der Waals surface area contributed by atoms with E-state index in [0.29, 0.717) is 17.1 Å². The SMILES string of the molecule is COc1ccc(-c2noc(C)c2[N+](=O)[O-])cc1OC. The molecule has 0 aliphatic carbocycles. The third-order valence-corrected chi connectivity index (χ3v) is 2.67. The van der Waals surface area contributed by atoms with Gasteiger partial charge in [-0.2, -0.15) is 0 Å². The summed E-state index contributed by atoms with van der Waals surface area (Å²) in [5, 5.41) is 14.7. The van der Waals surface area contributed by atoms with Gasteiger partial charge in [0.1, 0.15) is 0 Å². The Morgan fingerprint density at radius 2 is 1.95 bits per heavy atom. The number of hydrogen-bond donors (Lipinski definition) is 0. The Morgan fingerprint density at radius 1 is 1.26 bits per heavy atom. The van der Waals surface area contributed by atoms with Gasteiger partial charge in [0.15, 0.2) is 17.2 Å². The predicted molar refractivity (Wildman–Crippen MR) is 66.4 cm³/mol. The Balaban J connectivity index is 2.57. The summed E-state index contributed by atoms with van der Waals surface area (Å²) < 4.78 is 15.1. The number of nitrogens with zero attached hydrogens (tertiary/aromatic N) is 2. The van der Waals surface area contributed by atoms with Crippen molar-refractivity contribution in [1.82, 2.24) is 5.16 Å². The number of benzene rings is 1. The van der Waals surface area contributed by atoms with Crippen LogP contribution in [0.15, 0.2) is 22.7 Å². The maximum Gasteiger partial charge on any atom is 0.339 e. The van der Waals surface area contributed by atoms with E-state index < -0.39 is 4.92 Å². The molecule has 0 bridgehead atoms. The molecule has 1 aromatic carbocycles. The van der Waals surface area contributed by atoms with Crippen molar-refractivity contribution in [3.8, 4) is 22.8 Å². The highest BCUT2D eigenvalue weighted by atomic mass is 16.6. The first-order chi connectivity index (χ1) is 9.08. The summed E-state index contributed by atoms with van der Waals surface area (Å²) in [5.41, 5.74) is 0.553. The molecule has 1 aromatic heterocycles. The molecule has 0 aliphatic rings. The van der Waals surface area contributed by atoms with E-state index in [2.05, 4.69) is 5.16 Å². The largest absolute Gasteiger partial charge is 0.493 e. The lowest BCUT2D eigenvalue weighted by Crippen LogP contribution is -1.93. The van der Waals surface area contributed by atoms with Crippen molar-refractivity contribution in [2.45, 2.75) is 6.92 Å². The van der Waals surface area contributed by atoms with Crippen LogP contribution in [0.5, 0.6) is 11.5 Å². The van der Waals surface area contributed by atoms with E-state index in [0.717, 1.165) is 0 Å². The number of aromatic nitrogens is 1. The highest BCUT2D eigenvalue weighted by Crippen LogP contribution is 2.36. The van der Waals surface area contributed by atoms with Gasteiger partial charge in [-0.3, -0.25) is 10.1 Å². The van der Waals surface area contributed by atoms with E-state index in [1.54, 1.807) is 18.2 Å². The number of aryl methyl sites for hydroxylation is 1. The van der Waals surface area contributed by atoms with E-state index in [9.17, 15) is 10.1 Å². The lowest BCUT2D eigenvalue weighted by Gasteiger charge is -2.07. The van der Waals surface area contributed by atoms with Gasteiger partial charge in [0.25, 0.3) is 0 Å². The van der Waals surface area contributed by atoms with Gasteiger partial charge < -0.3 is 14.0 Å². The molecule has 2 rings (SSSR count). The summed E-state index contributed by atoms with van der Waals surface area (Å²) in [6.07, 6.45) is 0. The molecule has 0 amide bonds. The summed E-state index contributed by atoms with van der Waals surface area (Å²) in [7, 11) is 3.00. The highest BCUT2D eigenvalue weighted by molar-refractivity contribution is 5.72. The number of rotatable bonds is 4. The Hall–Kier alpha value is -2.57. The normalized spacial score (nSPS) is 10.3. The van der Waals surface area contributed by atoms with Crippen molar-refractivity contribution in [1.29, 1.82) is 0 Å². The Bertz CT molecular complexity index is 621. The minimum atomic E-state index is -0.516. The van der Waals surface area contributed by atoms with Gasteiger partial charge in [0.2, 0.25) is 5.76 Å². The molecule has 0 saturated carbocycles. The molecule has 0 spiro atoms. The molecule has 7 heteroatoms. The van der Waals surface area contributed by atoms with Crippen LogP contribution < -0.4 is 9.47 Å². The molecule has 2 aromatic rings. The molecule has 0 unspecified atom stereocenters. The van der Waals surface area contributed by atoms with Crippen LogP contribution in [0.1, 0.15) is 5.76 Å². The van der Waals surface area contributed by atoms with Crippen molar-refractivity contribution in [3.05, 3.63) is 34.1 Å². The zero-order chi connectivity index (χ0) is 14.0. The van der Waals surface area contributed by atoms with Crippen molar-refractivity contribution in [2.75, 3.05) is 14.2 Å². The molecule has 7 nitrogen and oxygen atoms in total. The third kappa shape index (κ3) is 2.22. The summed E-state index contributed by atoms with van der Waals surface area (Å²) in [6, 6.07) is 4.93. The fraction of sp³-hybridized carbons (Fsp3) is 0.250. The van der Waals surface area contributed by atoms with Crippen molar-refractivity contribution < 1.29 is 18.9 Å². The van der Waals surface area contributed by atoms with Crippen molar-refractivity contribution in [3.63, 3.8) is 0 Å². The fourth-order valence-corrected chi connectivity index (χ4v) is 1.76. The minimum absolute atomic E-state index is 0.146. The van der Waals surface area contributed by atoms with E-state index >= 15 is 0 Å². The van der Waals surface area contributed by atoms with Gasteiger partial charge >= 0.3 is 5.69 Å². The Morgan fingerprint density at radius 3 is 2.53 bits per heavy atom. The van der Waals surface area contributed by atoms with Crippen LogP contribution in [0.2, 0.25) is 0 Å². The Kier molecular flexibility index (Phi) is 3.37. The van der Waals surface area contributed by atoms with Crippen LogP contribution in [-0.2, 0) is 0 Å². The summed E-state index contributed by atoms with van der Waals surface area (Å²) in [6.45, 7) is 1.50. The van der Waals surface area contributed by atoms with Gasteiger partial charge in [-0.15, -0.1) is 0 Å². The van der Waals surface area contributed by atoms with E-state index in [-0.39, 0.29) is 17.1 Å².